The van der Waals surface area contributed by atoms with E-state index < -0.39 is 0 Å². The fourth-order valence-corrected chi connectivity index (χ4v) is 2.78. The van der Waals surface area contributed by atoms with Crippen LogP contribution in [0.5, 0.6) is 0 Å². The molecule has 2 rings (SSSR count). The third kappa shape index (κ3) is 3.65. The van der Waals surface area contributed by atoms with E-state index in [0.29, 0.717) is 6.04 Å². The fraction of sp³-hybridized carbons (Fsp3) is 1.00. The third-order valence-corrected chi connectivity index (χ3v) is 4.22. The van der Waals surface area contributed by atoms with E-state index in [4.69, 9.17) is 5.73 Å². The van der Waals surface area contributed by atoms with Crippen LogP contribution in [0.25, 0.3) is 0 Å². The smallest absolute Gasteiger partial charge is 0.0229 e. The van der Waals surface area contributed by atoms with Gasteiger partial charge in [-0.25, -0.2) is 0 Å². The Kier molecular flexibility index (Phi) is 4.35. The van der Waals surface area contributed by atoms with Gasteiger partial charge in [0.05, 0.1) is 0 Å². The first-order chi connectivity index (χ1) is 7.35. The van der Waals surface area contributed by atoms with Crippen LogP contribution in [-0.4, -0.2) is 42.1 Å². The molecule has 0 aromatic rings. The van der Waals surface area contributed by atoms with Crippen LogP contribution in [0, 0.1) is 5.92 Å². The molecule has 2 aliphatic rings. The first-order valence-electron chi connectivity index (χ1n) is 6.30. The van der Waals surface area contributed by atoms with Crippen LogP contribution in [0.3, 0.4) is 0 Å². The van der Waals surface area contributed by atoms with E-state index in [1.54, 1.807) is 0 Å². The van der Waals surface area contributed by atoms with Gasteiger partial charge in [0.2, 0.25) is 0 Å². The molecule has 0 bridgehead atoms. The Morgan fingerprint density at radius 2 is 2.07 bits per heavy atom. The summed E-state index contributed by atoms with van der Waals surface area (Å²) in [5, 5.41) is 0. The summed E-state index contributed by atoms with van der Waals surface area (Å²) in [6.07, 6.45) is 9.23. The molecule has 2 N–H and O–H groups in total. The summed E-state index contributed by atoms with van der Waals surface area (Å²) in [5.41, 5.74) is 5.93. The Bertz CT molecular complexity index is 190. The summed E-state index contributed by atoms with van der Waals surface area (Å²) in [4.78, 5) is 2.73. The topological polar surface area (TPSA) is 29.3 Å². The van der Waals surface area contributed by atoms with Gasteiger partial charge in [-0.05, 0) is 50.0 Å². The molecule has 0 amide bonds. The minimum absolute atomic E-state index is 0.658. The zero-order valence-electron chi connectivity index (χ0n) is 9.82. The lowest BCUT2D eigenvalue weighted by Crippen LogP contribution is -2.43. The van der Waals surface area contributed by atoms with Gasteiger partial charge < -0.3 is 5.73 Å². The summed E-state index contributed by atoms with van der Waals surface area (Å²) >= 11 is 1.95. The summed E-state index contributed by atoms with van der Waals surface area (Å²) in [6, 6.07) is 1.55. The van der Waals surface area contributed by atoms with Crippen molar-refractivity contribution in [2.75, 3.05) is 25.1 Å². The van der Waals surface area contributed by atoms with Gasteiger partial charge in [0.25, 0.3) is 0 Å². The summed E-state index contributed by atoms with van der Waals surface area (Å²) in [6.45, 7) is 2.19. The molecule has 2 aliphatic carbocycles. The largest absolute Gasteiger partial charge is 0.329 e. The van der Waals surface area contributed by atoms with E-state index in [0.717, 1.165) is 18.5 Å². The van der Waals surface area contributed by atoms with Gasteiger partial charge in [0.15, 0.2) is 0 Å². The Balaban J connectivity index is 1.81. The Morgan fingerprint density at radius 3 is 2.53 bits per heavy atom. The second-order valence-corrected chi connectivity index (χ2v) is 6.03. The molecule has 2 saturated carbocycles. The molecule has 1 atom stereocenters. The van der Waals surface area contributed by atoms with Crippen molar-refractivity contribution >= 4 is 11.8 Å². The SMILES string of the molecule is CSCCC(CN)N(CC1CC1)C1CC1. The number of nitrogens with zero attached hydrogens (tertiary/aromatic N) is 1. The average Bonchev–Trinajstić information content (AvgIpc) is 3.10. The van der Waals surface area contributed by atoms with Crippen LogP contribution in [0.2, 0.25) is 0 Å². The van der Waals surface area contributed by atoms with Crippen molar-refractivity contribution in [2.45, 2.75) is 44.2 Å². The zero-order chi connectivity index (χ0) is 10.7. The minimum atomic E-state index is 0.658. The molecule has 0 saturated heterocycles. The summed E-state index contributed by atoms with van der Waals surface area (Å²) in [5.74, 6) is 2.27. The molecule has 0 spiro atoms. The van der Waals surface area contributed by atoms with Gasteiger partial charge >= 0.3 is 0 Å². The molecule has 0 heterocycles. The lowest BCUT2D eigenvalue weighted by atomic mass is 10.1. The number of nitrogens with two attached hydrogens (primary N) is 1. The third-order valence-electron chi connectivity index (χ3n) is 3.58. The molecule has 2 fully saturated rings. The number of hydrogen-bond acceptors (Lipinski definition) is 3. The minimum Gasteiger partial charge on any atom is -0.329 e. The van der Waals surface area contributed by atoms with Gasteiger partial charge in [-0.15, -0.1) is 0 Å². The second-order valence-electron chi connectivity index (χ2n) is 5.04. The molecule has 0 aliphatic heterocycles. The fourth-order valence-electron chi connectivity index (χ4n) is 2.27. The van der Waals surface area contributed by atoms with Crippen LogP contribution in [-0.2, 0) is 0 Å². The molecule has 1 unspecified atom stereocenters. The van der Waals surface area contributed by atoms with E-state index in [9.17, 15) is 0 Å². The molecular formula is C12H24N2S. The lowest BCUT2D eigenvalue weighted by Gasteiger charge is -2.31. The van der Waals surface area contributed by atoms with Crippen LogP contribution < -0.4 is 5.73 Å². The van der Waals surface area contributed by atoms with Crippen LogP contribution in [0.1, 0.15) is 32.1 Å². The van der Waals surface area contributed by atoms with Crippen LogP contribution in [0.4, 0.5) is 0 Å². The van der Waals surface area contributed by atoms with Crippen molar-refractivity contribution in [1.82, 2.24) is 4.90 Å². The predicted octanol–water partition coefficient (Wildman–Crippen LogP) is 1.94. The van der Waals surface area contributed by atoms with Crippen molar-refractivity contribution in [3.05, 3.63) is 0 Å². The van der Waals surface area contributed by atoms with Crippen molar-refractivity contribution in [2.24, 2.45) is 11.7 Å². The van der Waals surface area contributed by atoms with Gasteiger partial charge in [-0.1, -0.05) is 0 Å². The van der Waals surface area contributed by atoms with E-state index in [-0.39, 0.29) is 0 Å². The van der Waals surface area contributed by atoms with Crippen molar-refractivity contribution < 1.29 is 0 Å². The first kappa shape index (κ1) is 11.7. The highest BCUT2D eigenvalue weighted by molar-refractivity contribution is 7.98. The zero-order valence-corrected chi connectivity index (χ0v) is 10.6. The molecule has 0 aromatic heterocycles. The molecule has 0 radical (unpaired) electrons. The van der Waals surface area contributed by atoms with E-state index in [2.05, 4.69) is 11.2 Å². The molecule has 0 aromatic carbocycles. The van der Waals surface area contributed by atoms with Crippen molar-refractivity contribution in [3.63, 3.8) is 0 Å². The molecule has 2 nitrogen and oxygen atoms in total. The molecule has 88 valence electrons. The summed E-state index contributed by atoms with van der Waals surface area (Å²) < 4.78 is 0. The summed E-state index contributed by atoms with van der Waals surface area (Å²) in [7, 11) is 0. The molecule has 15 heavy (non-hydrogen) atoms. The first-order valence-corrected chi connectivity index (χ1v) is 7.69. The van der Waals surface area contributed by atoms with E-state index in [1.807, 2.05) is 11.8 Å². The lowest BCUT2D eigenvalue weighted by molar-refractivity contribution is 0.178. The van der Waals surface area contributed by atoms with Gasteiger partial charge in [0.1, 0.15) is 0 Å². The average molecular weight is 228 g/mol. The Labute approximate surface area is 98.0 Å². The highest BCUT2D eigenvalue weighted by Gasteiger charge is 2.36. The van der Waals surface area contributed by atoms with Crippen molar-refractivity contribution in [3.8, 4) is 0 Å². The Morgan fingerprint density at radius 1 is 1.33 bits per heavy atom. The van der Waals surface area contributed by atoms with Gasteiger partial charge in [-0.3, -0.25) is 4.90 Å². The van der Waals surface area contributed by atoms with Gasteiger partial charge in [0, 0.05) is 25.2 Å². The van der Waals surface area contributed by atoms with Gasteiger partial charge in [-0.2, -0.15) is 11.8 Å². The maximum atomic E-state index is 5.93. The highest BCUT2D eigenvalue weighted by Crippen LogP contribution is 2.36. The van der Waals surface area contributed by atoms with E-state index in [1.165, 1.54) is 44.4 Å². The second kappa shape index (κ2) is 5.55. The number of thioether (sulfide) groups is 1. The van der Waals surface area contributed by atoms with Crippen LogP contribution >= 0.6 is 11.8 Å². The standard InChI is InChI=1S/C12H24N2S/c1-15-7-6-12(8-13)14(11-4-5-11)9-10-2-3-10/h10-12H,2-9,13H2,1H3. The van der Waals surface area contributed by atoms with Crippen molar-refractivity contribution in [1.29, 1.82) is 0 Å². The maximum absolute atomic E-state index is 5.93. The quantitative estimate of drug-likeness (QED) is 0.688. The predicted molar refractivity (Wildman–Crippen MR) is 68.3 cm³/mol. The maximum Gasteiger partial charge on any atom is 0.0229 e. The number of hydrogen-bond donors (Lipinski definition) is 1. The molecular weight excluding hydrogens is 204 g/mol. The number of rotatable bonds is 8. The Hall–Kier alpha value is 0.270. The van der Waals surface area contributed by atoms with Crippen LogP contribution in [0.15, 0.2) is 0 Å². The molecule has 3 heteroatoms. The highest BCUT2D eigenvalue weighted by atomic mass is 32.2. The monoisotopic (exact) mass is 228 g/mol. The van der Waals surface area contributed by atoms with E-state index >= 15 is 0 Å². The normalized spacial score (nSPS) is 23.4.